The lowest BCUT2D eigenvalue weighted by molar-refractivity contribution is 0.0942. The fourth-order valence-electron chi connectivity index (χ4n) is 3.64. The third-order valence-corrected chi connectivity index (χ3v) is 5.24. The highest BCUT2D eigenvalue weighted by Gasteiger charge is 2.18. The zero-order valence-electron chi connectivity index (χ0n) is 16.7. The third kappa shape index (κ3) is 4.49. The molecule has 1 saturated heterocycles. The van der Waals surface area contributed by atoms with Gasteiger partial charge in [0.2, 0.25) is 0 Å². The van der Waals surface area contributed by atoms with Crippen LogP contribution in [0, 0.1) is 0 Å². The number of aromatic nitrogens is 2. The van der Waals surface area contributed by atoms with Crippen LogP contribution in [0.15, 0.2) is 60.7 Å². The maximum absolute atomic E-state index is 13.0. The number of hydrogen-bond donors (Lipinski definition) is 1. The predicted octanol–water partition coefficient (Wildman–Crippen LogP) is 3.37. The summed E-state index contributed by atoms with van der Waals surface area (Å²) >= 11 is 0. The van der Waals surface area contributed by atoms with Crippen molar-refractivity contribution in [2.45, 2.75) is 12.8 Å². The number of rotatable bonds is 7. The van der Waals surface area contributed by atoms with Gasteiger partial charge in [0.1, 0.15) is 11.4 Å². The summed E-state index contributed by atoms with van der Waals surface area (Å²) in [6, 6.07) is 19.3. The van der Waals surface area contributed by atoms with E-state index in [1.165, 1.54) is 12.8 Å². The molecule has 3 aromatic rings. The molecular weight excluding hydrogens is 364 g/mol. The first-order valence-electron chi connectivity index (χ1n) is 10.0. The van der Waals surface area contributed by atoms with Crippen molar-refractivity contribution in [3.05, 3.63) is 66.4 Å². The average Bonchev–Trinajstić information content (AvgIpc) is 3.45. The molecule has 150 valence electrons. The Morgan fingerprint density at radius 1 is 1.07 bits per heavy atom. The van der Waals surface area contributed by atoms with E-state index < -0.39 is 0 Å². The van der Waals surface area contributed by atoms with Crippen LogP contribution in [0.25, 0.3) is 16.9 Å². The van der Waals surface area contributed by atoms with Crippen molar-refractivity contribution in [1.29, 1.82) is 0 Å². The van der Waals surface area contributed by atoms with Crippen LogP contribution < -0.4 is 10.1 Å². The molecule has 1 fully saturated rings. The second-order valence-corrected chi connectivity index (χ2v) is 7.20. The van der Waals surface area contributed by atoms with Crippen molar-refractivity contribution in [2.75, 3.05) is 33.3 Å². The Kier molecular flexibility index (Phi) is 5.91. The summed E-state index contributed by atoms with van der Waals surface area (Å²) in [5, 5.41) is 7.77. The number of nitrogens with zero attached hydrogens (tertiary/aromatic N) is 3. The van der Waals surface area contributed by atoms with Crippen LogP contribution in [-0.4, -0.2) is 53.9 Å². The van der Waals surface area contributed by atoms with Gasteiger partial charge in [-0.15, -0.1) is 0 Å². The van der Waals surface area contributed by atoms with Crippen molar-refractivity contribution in [3.63, 3.8) is 0 Å². The number of carbonyl (C=O) groups excluding carboxylic acids is 1. The van der Waals surface area contributed by atoms with Gasteiger partial charge in [0.25, 0.3) is 5.91 Å². The molecule has 0 unspecified atom stereocenters. The van der Waals surface area contributed by atoms with E-state index in [0.717, 1.165) is 42.3 Å². The zero-order valence-corrected chi connectivity index (χ0v) is 16.7. The second-order valence-electron chi connectivity index (χ2n) is 7.20. The van der Waals surface area contributed by atoms with Gasteiger partial charge < -0.3 is 15.0 Å². The molecule has 0 spiro atoms. The molecule has 2 heterocycles. The quantitative estimate of drug-likeness (QED) is 0.672. The van der Waals surface area contributed by atoms with Crippen LogP contribution in [0.5, 0.6) is 5.75 Å². The number of methoxy groups -OCH3 is 1. The van der Waals surface area contributed by atoms with E-state index >= 15 is 0 Å². The van der Waals surface area contributed by atoms with Gasteiger partial charge in [0.15, 0.2) is 0 Å². The summed E-state index contributed by atoms with van der Waals surface area (Å²) in [4.78, 5) is 15.4. The molecule has 2 aromatic carbocycles. The molecule has 29 heavy (non-hydrogen) atoms. The Hall–Kier alpha value is -3.12. The fraction of sp³-hybridized carbons (Fsp3) is 0.304. The summed E-state index contributed by atoms with van der Waals surface area (Å²) in [5.74, 6) is 0.649. The third-order valence-electron chi connectivity index (χ3n) is 5.24. The Bertz CT molecular complexity index is 945. The molecule has 1 aliphatic heterocycles. The highest BCUT2D eigenvalue weighted by molar-refractivity contribution is 5.94. The summed E-state index contributed by atoms with van der Waals surface area (Å²) in [5.41, 5.74) is 3.09. The van der Waals surface area contributed by atoms with Gasteiger partial charge in [-0.05, 0) is 56.3 Å². The average molecular weight is 390 g/mol. The molecule has 1 aliphatic rings. The summed E-state index contributed by atoms with van der Waals surface area (Å²) in [6.45, 7) is 3.76. The van der Waals surface area contributed by atoms with Crippen molar-refractivity contribution in [2.24, 2.45) is 0 Å². The van der Waals surface area contributed by atoms with Crippen LogP contribution >= 0.6 is 0 Å². The lowest BCUT2D eigenvalue weighted by Gasteiger charge is -2.15. The zero-order chi connectivity index (χ0) is 20.1. The number of carbonyl (C=O) groups is 1. The first-order chi connectivity index (χ1) is 14.2. The van der Waals surface area contributed by atoms with Crippen molar-refractivity contribution < 1.29 is 9.53 Å². The van der Waals surface area contributed by atoms with E-state index in [9.17, 15) is 4.79 Å². The minimum absolute atomic E-state index is 0.116. The van der Waals surface area contributed by atoms with E-state index in [2.05, 4.69) is 10.2 Å². The standard InChI is InChI=1S/C23H26N4O2/c1-29-20-11-9-19(10-12-20)27-22(17-21(25-27)18-7-3-2-4-8-18)23(28)24-13-16-26-14-5-6-15-26/h2-4,7-12,17H,5-6,13-16H2,1H3,(H,24,28). The molecule has 1 amide bonds. The molecule has 0 radical (unpaired) electrons. The topological polar surface area (TPSA) is 59.4 Å². The minimum atomic E-state index is -0.116. The highest BCUT2D eigenvalue weighted by atomic mass is 16.5. The van der Waals surface area contributed by atoms with Crippen LogP contribution in [0.2, 0.25) is 0 Å². The van der Waals surface area contributed by atoms with Crippen molar-refractivity contribution in [1.82, 2.24) is 20.0 Å². The number of ether oxygens (including phenoxy) is 1. The van der Waals surface area contributed by atoms with Gasteiger partial charge in [-0.2, -0.15) is 5.10 Å². The maximum Gasteiger partial charge on any atom is 0.270 e. The number of benzene rings is 2. The van der Waals surface area contributed by atoms with Gasteiger partial charge in [-0.1, -0.05) is 30.3 Å². The Labute approximate surface area is 171 Å². The SMILES string of the molecule is COc1ccc(-n2nc(-c3ccccc3)cc2C(=O)NCCN2CCCC2)cc1. The fourth-order valence-corrected chi connectivity index (χ4v) is 3.64. The maximum atomic E-state index is 13.0. The predicted molar refractivity (Wildman–Crippen MR) is 114 cm³/mol. The van der Waals surface area contributed by atoms with Crippen LogP contribution in [0.3, 0.4) is 0 Å². The molecule has 0 saturated carbocycles. The number of likely N-dealkylation sites (tertiary alicyclic amines) is 1. The number of hydrogen-bond acceptors (Lipinski definition) is 4. The molecule has 6 heteroatoms. The van der Waals surface area contributed by atoms with Gasteiger partial charge >= 0.3 is 0 Å². The molecule has 1 N–H and O–H groups in total. The summed E-state index contributed by atoms with van der Waals surface area (Å²) < 4.78 is 6.95. The molecule has 0 aliphatic carbocycles. The number of nitrogens with one attached hydrogen (secondary N) is 1. The first-order valence-corrected chi connectivity index (χ1v) is 10.0. The van der Waals surface area contributed by atoms with E-state index in [0.29, 0.717) is 12.2 Å². The first kappa shape index (κ1) is 19.2. The van der Waals surface area contributed by atoms with E-state index in [4.69, 9.17) is 9.84 Å². The molecular formula is C23H26N4O2. The van der Waals surface area contributed by atoms with Crippen LogP contribution in [0.1, 0.15) is 23.3 Å². The minimum Gasteiger partial charge on any atom is -0.497 e. The smallest absolute Gasteiger partial charge is 0.270 e. The number of amides is 1. The Morgan fingerprint density at radius 2 is 1.79 bits per heavy atom. The molecule has 1 aromatic heterocycles. The molecule has 6 nitrogen and oxygen atoms in total. The monoisotopic (exact) mass is 390 g/mol. The van der Waals surface area contributed by atoms with Crippen molar-refractivity contribution in [3.8, 4) is 22.7 Å². The van der Waals surface area contributed by atoms with E-state index in [-0.39, 0.29) is 5.91 Å². The second kappa shape index (κ2) is 8.92. The molecule has 0 bridgehead atoms. The lowest BCUT2D eigenvalue weighted by Crippen LogP contribution is -2.34. The van der Waals surface area contributed by atoms with Gasteiger partial charge in [-0.3, -0.25) is 4.79 Å². The van der Waals surface area contributed by atoms with Crippen LogP contribution in [0.4, 0.5) is 0 Å². The van der Waals surface area contributed by atoms with E-state index in [1.807, 2.05) is 60.7 Å². The van der Waals surface area contributed by atoms with Gasteiger partial charge in [0, 0.05) is 18.7 Å². The largest absolute Gasteiger partial charge is 0.497 e. The normalized spacial score (nSPS) is 14.1. The van der Waals surface area contributed by atoms with Crippen LogP contribution in [-0.2, 0) is 0 Å². The molecule has 0 atom stereocenters. The van der Waals surface area contributed by atoms with E-state index in [1.54, 1.807) is 11.8 Å². The highest BCUT2D eigenvalue weighted by Crippen LogP contribution is 2.23. The summed E-state index contributed by atoms with van der Waals surface area (Å²) in [6.07, 6.45) is 2.50. The lowest BCUT2D eigenvalue weighted by atomic mass is 10.1. The van der Waals surface area contributed by atoms with Gasteiger partial charge in [0.05, 0.1) is 18.5 Å². The Balaban J connectivity index is 1.59. The molecule has 4 rings (SSSR count). The Morgan fingerprint density at radius 3 is 2.48 bits per heavy atom. The van der Waals surface area contributed by atoms with Gasteiger partial charge in [-0.25, -0.2) is 4.68 Å². The summed E-state index contributed by atoms with van der Waals surface area (Å²) in [7, 11) is 1.63. The van der Waals surface area contributed by atoms with Crippen molar-refractivity contribution >= 4 is 5.91 Å².